The van der Waals surface area contributed by atoms with Gasteiger partial charge in [0.1, 0.15) is 28.8 Å². The summed E-state index contributed by atoms with van der Waals surface area (Å²) >= 11 is 0. The fourth-order valence-corrected chi connectivity index (χ4v) is 3.01. The number of carboxylic acids is 2. The summed E-state index contributed by atoms with van der Waals surface area (Å²) in [6.07, 6.45) is 2.09. The first kappa shape index (κ1) is 25.8. The largest absolute Gasteiger partial charge is 0.507 e. The molecule has 0 atom stereocenters. The number of hydrogen-bond acceptors (Lipinski definition) is 6. The normalized spacial score (nSPS) is 10.4. The van der Waals surface area contributed by atoms with Crippen molar-refractivity contribution in [2.24, 2.45) is 0 Å². The van der Waals surface area contributed by atoms with Crippen LogP contribution in [0.2, 0.25) is 0 Å². The third-order valence-electron chi connectivity index (χ3n) is 4.68. The lowest BCUT2D eigenvalue weighted by Crippen LogP contribution is -2.50. The maximum Gasteiger partial charge on any atom is 0.339 e. The Morgan fingerprint density at radius 3 is 1.56 bits per heavy atom. The van der Waals surface area contributed by atoms with Crippen LogP contribution in [0, 0.1) is 0 Å². The Morgan fingerprint density at radius 1 is 0.765 bits per heavy atom. The van der Waals surface area contributed by atoms with Crippen LogP contribution in [0.3, 0.4) is 0 Å². The minimum Gasteiger partial charge on any atom is -0.507 e. The minimum absolute atomic E-state index is 0.144. The van der Waals surface area contributed by atoms with Gasteiger partial charge < -0.3 is 41.7 Å². The summed E-state index contributed by atoms with van der Waals surface area (Å²) in [5, 5.41) is 47.5. The van der Waals surface area contributed by atoms with Crippen molar-refractivity contribution in [1.29, 1.82) is 0 Å². The van der Waals surface area contributed by atoms with Crippen LogP contribution in [0.1, 0.15) is 53.3 Å². The molecule has 2 aromatic carbocycles. The first-order chi connectivity index (χ1) is 16.1. The summed E-state index contributed by atoms with van der Waals surface area (Å²) in [6.45, 7) is 2.00. The van der Waals surface area contributed by atoms with Crippen molar-refractivity contribution < 1.29 is 39.6 Å². The highest BCUT2D eigenvalue weighted by molar-refractivity contribution is 5.95. The molecule has 12 heteroatoms. The number of anilines is 2. The Labute approximate surface area is 194 Å². The van der Waals surface area contributed by atoms with E-state index < -0.39 is 41.7 Å². The summed E-state index contributed by atoms with van der Waals surface area (Å²) in [5.74, 6) is -3.66. The van der Waals surface area contributed by atoms with E-state index in [0.717, 1.165) is 37.1 Å². The summed E-state index contributed by atoms with van der Waals surface area (Å²) in [5.41, 5.74) is -0.343. The molecule has 0 fully saturated rings. The maximum absolute atomic E-state index is 12.4. The lowest BCUT2D eigenvalue weighted by molar-refractivity contribution is 0.0682. The predicted octanol–water partition coefficient (Wildman–Crippen LogP) is 3.34. The lowest BCUT2D eigenvalue weighted by Gasteiger charge is -2.21. The molecular formula is C22H26N4O8. The number of benzene rings is 2. The van der Waals surface area contributed by atoms with E-state index in [1.54, 1.807) is 0 Å². The van der Waals surface area contributed by atoms with Crippen LogP contribution >= 0.6 is 0 Å². The van der Waals surface area contributed by atoms with Gasteiger partial charge in [-0.2, -0.15) is 0 Å². The molecule has 0 aromatic heterocycles. The van der Waals surface area contributed by atoms with E-state index in [1.165, 1.54) is 12.1 Å². The Hall–Kier alpha value is -4.48. The van der Waals surface area contributed by atoms with Crippen molar-refractivity contribution in [1.82, 2.24) is 10.6 Å². The van der Waals surface area contributed by atoms with Gasteiger partial charge in [-0.3, -0.25) is 0 Å². The molecule has 34 heavy (non-hydrogen) atoms. The van der Waals surface area contributed by atoms with Gasteiger partial charge in [0.2, 0.25) is 0 Å². The van der Waals surface area contributed by atoms with Crippen molar-refractivity contribution >= 4 is 35.4 Å². The maximum atomic E-state index is 12.4. The number of hydrogen-bond donors (Lipinski definition) is 8. The number of carbonyl (C=O) groups excluding carboxylic acids is 2. The third kappa shape index (κ3) is 7.58. The molecule has 182 valence electrons. The highest BCUT2D eigenvalue weighted by atomic mass is 16.4. The van der Waals surface area contributed by atoms with E-state index in [4.69, 9.17) is 10.2 Å². The zero-order valence-electron chi connectivity index (χ0n) is 18.3. The Bertz CT molecular complexity index is 993. The zero-order chi connectivity index (χ0) is 25.3. The van der Waals surface area contributed by atoms with Gasteiger partial charge in [-0.05, 0) is 37.1 Å². The summed E-state index contributed by atoms with van der Waals surface area (Å²) in [4.78, 5) is 46.7. The molecule has 0 heterocycles. The number of carbonyl (C=O) groups is 4. The molecule has 0 unspecified atom stereocenters. The second-order valence-electron chi connectivity index (χ2n) is 7.32. The molecular weight excluding hydrogens is 448 g/mol. The van der Waals surface area contributed by atoms with Crippen LogP contribution in [0.15, 0.2) is 36.4 Å². The van der Waals surface area contributed by atoms with Crippen molar-refractivity contribution in [3.63, 3.8) is 0 Å². The predicted molar refractivity (Wildman–Crippen MR) is 122 cm³/mol. The van der Waals surface area contributed by atoms with E-state index in [0.29, 0.717) is 12.8 Å². The van der Waals surface area contributed by atoms with Crippen molar-refractivity contribution in [3.05, 3.63) is 47.5 Å². The molecule has 2 aromatic rings. The lowest BCUT2D eigenvalue weighted by atomic mass is 10.1. The number of aromatic carboxylic acids is 2. The van der Waals surface area contributed by atoms with E-state index in [2.05, 4.69) is 21.3 Å². The number of unbranched alkanes of at least 4 members (excludes halogenated alkanes) is 2. The average molecular weight is 474 g/mol. The summed E-state index contributed by atoms with van der Waals surface area (Å²) in [7, 11) is 0. The first-order valence-corrected chi connectivity index (χ1v) is 10.4. The number of amides is 4. The number of rotatable bonds is 10. The number of urea groups is 2. The van der Waals surface area contributed by atoms with Crippen LogP contribution in [0.4, 0.5) is 21.0 Å². The third-order valence-corrected chi connectivity index (χ3v) is 4.68. The average Bonchev–Trinajstić information content (AvgIpc) is 2.73. The van der Waals surface area contributed by atoms with Gasteiger partial charge >= 0.3 is 24.0 Å². The molecule has 0 aliphatic heterocycles. The topological polar surface area (TPSA) is 197 Å². The van der Waals surface area contributed by atoms with Gasteiger partial charge in [0, 0.05) is 23.5 Å². The highest BCUT2D eigenvalue weighted by Gasteiger charge is 2.17. The SMILES string of the molecule is CCCCCC(NC(=O)Nc1ccc(C(=O)O)c(O)c1)NC(=O)Nc1ccc(C(=O)O)c(O)c1. The second kappa shape index (κ2) is 11.9. The molecule has 0 aliphatic carbocycles. The molecule has 4 amide bonds. The van der Waals surface area contributed by atoms with Crippen LogP contribution in [-0.2, 0) is 0 Å². The fourth-order valence-electron chi connectivity index (χ4n) is 3.01. The van der Waals surface area contributed by atoms with E-state index in [-0.39, 0.29) is 22.5 Å². The molecule has 0 bridgehead atoms. The van der Waals surface area contributed by atoms with E-state index in [1.807, 2.05) is 6.92 Å². The van der Waals surface area contributed by atoms with E-state index in [9.17, 15) is 29.4 Å². The molecule has 12 nitrogen and oxygen atoms in total. The van der Waals surface area contributed by atoms with Crippen LogP contribution in [-0.4, -0.2) is 50.6 Å². The molecule has 0 saturated heterocycles. The van der Waals surface area contributed by atoms with Gasteiger partial charge in [-0.1, -0.05) is 19.8 Å². The van der Waals surface area contributed by atoms with Gasteiger partial charge in [0.05, 0.1) is 0 Å². The Balaban J connectivity index is 2.02. The Kier molecular flexibility index (Phi) is 9.06. The minimum atomic E-state index is -1.31. The van der Waals surface area contributed by atoms with E-state index >= 15 is 0 Å². The molecule has 2 rings (SSSR count). The first-order valence-electron chi connectivity index (χ1n) is 10.4. The monoisotopic (exact) mass is 474 g/mol. The van der Waals surface area contributed by atoms with Gasteiger partial charge in [-0.15, -0.1) is 0 Å². The van der Waals surface area contributed by atoms with Gasteiger partial charge in [0.15, 0.2) is 0 Å². The summed E-state index contributed by atoms with van der Waals surface area (Å²) < 4.78 is 0. The molecule has 0 aliphatic rings. The van der Waals surface area contributed by atoms with Crippen molar-refractivity contribution in [2.45, 2.75) is 38.8 Å². The Morgan fingerprint density at radius 2 is 1.21 bits per heavy atom. The smallest absolute Gasteiger partial charge is 0.339 e. The molecule has 0 radical (unpaired) electrons. The number of aromatic hydroxyl groups is 2. The summed E-state index contributed by atoms with van der Waals surface area (Å²) in [6, 6.07) is 5.67. The molecule has 0 spiro atoms. The van der Waals surface area contributed by atoms with Crippen LogP contribution < -0.4 is 21.3 Å². The fraction of sp³-hybridized carbons (Fsp3) is 0.273. The number of phenols is 2. The van der Waals surface area contributed by atoms with Crippen molar-refractivity contribution in [3.8, 4) is 11.5 Å². The van der Waals surface area contributed by atoms with Gasteiger partial charge in [-0.25, -0.2) is 19.2 Å². The standard InChI is InChI=1S/C22H26N4O8/c1-2-3-4-5-18(25-21(33)23-12-6-8-14(19(29)30)16(27)10-12)26-22(34)24-13-7-9-15(20(31)32)17(28)11-13/h6-11,18,27-28H,2-5H2,1H3,(H,29,30)(H,31,32)(H2,23,25,33)(H2,24,26,34). The van der Waals surface area contributed by atoms with Crippen LogP contribution in [0.25, 0.3) is 0 Å². The number of nitrogens with one attached hydrogen (secondary N) is 4. The highest BCUT2D eigenvalue weighted by Crippen LogP contribution is 2.23. The van der Waals surface area contributed by atoms with Gasteiger partial charge in [0.25, 0.3) is 0 Å². The number of carboxylic acid groups (broad SMARTS) is 2. The second-order valence-corrected chi connectivity index (χ2v) is 7.32. The van der Waals surface area contributed by atoms with Crippen molar-refractivity contribution in [2.75, 3.05) is 10.6 Å². The quantitative estimate of drug-likeness (QED) is 0.189. The molecule has 0 saturated carbocycles. The zero-order valence-corrected chi connectivity index (χ0v) is 18.3. The van der Waals surface area contributed by atoms with Crippen LogP contribution in [0.5, 0.6) is 11.5 Å². The molecule has 8 N–H and O–H groups in total.